The number of rotatable bonds is 7. The lowest BCUT2D eigenvalue weighted by Crippen LogP contribution is -3.09. The monoisotopic (exact) mass is 406 g/mol. The highest BCUT2D eigenvalue weighted by Crippen LogP contribution is 2.32. The molecule has 1 unspecified atom stereocenters. The second-order valence-electron chi connectivity index (χ2n) is 6.34. The molecule has 0 aromatic heterocycles. The van der Waals surface area contributed by atoms with Crippen molar-refractivity contribution in [1.29, 1.82) is 0 Å². The van der Waals surface area contributed by atoms with Gasteiger partial charge in [0, 0.05) is 10.6 Å². The molecule has 2 amide bonds. The third-order valence-electron chi connectivity index (χ3n) is 3.93. The van der Waals surface area contributed by atoms with Crippen LogP contribution in [0.2, 0.25) is 5.02 Å². The number of fused-ring (bicyclic) bond motifs is 1. The lowest BCUT2D eigenvalue weighted by molar-refractivity contribution is -0.885. The number of benzene rings is 2. The van der Waals surface area contributed by atoms with Gasteiger partial charge in [-0.3, -0.25) is 20.4 Å². The molecule has 2 aromatic rings. The minimum atomic E-state index is -0.461. The van der Waals surface area contributed by atoms with E-state index in [1.807, 2.05) is 25.2 Å². The van der Waals surface area contributed by atoms with E-state index in [2.05, 4.69) is 10.9 Å². The molecule has 0 spiro atoms. The summed E-state index contributed by atoms with van der Waals surface area (Å²) in [5, 5.41) is 0.580. The highest BCUT2D eigenvalue weighted by molar-refractivity contribution is 6.30. The maximum Gasteiger partial charge on any atom is 0.293 e. The van der Waals surface area contributed by atoms with E-state index >= 15 is 0 Å². The van der Waals surface area contributed by atoms with Crippen LogP contribution in [0.4, 0.5) is 0 Å². The van der Waals surface area contributed by atoms with Crippen LogP contribution < -0.4 is 30.0 Å². The molecule has 2 aromatic carbocycles. The number of carbonyl (C=O) groups excluding carboxylic acids is 2. The average Bonchev–Trinajstić information content (AvgIpc) is 3.13. The normalized spacial score (nSPS) is 12.9. The van der Waals surface area contributed by atoms with E-state index in [0.717, 1.165) is 16.2 Å². The summed E-state index contributed by atoms with van der Waals surface area (Å²) in [4.78, 5) is 24.7. The Morgan fingerprint density at radius 1 is 1.07 bits per heavy atom. The SMILES string of the molecule is C[NH+](CC(=O)NNC(=O)COc1ccc(Cl)cc1)Cc1ccc2c(c1)OCO2. The van der Waals surface area contributed by atoms with Crippen molar-refractivity contribution < 1.29 is 28.7 Å². The lowest BCUT2D eigenvalue weighted by atomic mass is 10.2. The van der Waals surface area contributed by atoms with Crippen LogP contribution >= 0.6 is 11.6 Å². The molecule has 1 heterocycles. The molecule has 9 heteroatoms. The van der Waals surface area contributed by atoms with Crippen molar-refractivity contribution in [2.75, 3.05) is 27.0 Å². The Morgan fingerprint density at radius 3 is 2.57 bits per heavy atom. The first-order chi connectivity index (χ1) is 13.5. The molecule has 8 nitrogen and oxygen atoms in total. The molecule has 1 aliphatic rings. The van der Waals surface area contributed by atoms with Gasteiger partial charge in [0.2, 0.25) is 6.79 Å². The van der Waals surface area contributed by atoms with Crippen molar-refractivity contribution in [2.45, 2.75) is 6.54 Å². The van der Waals surface area contributed by atoms with Crippen LogP contribution in [0.5, 0.6) is 17.2 Å². The maximum atomic E-state index is 12.0. The van der Waals surface area contributed by atoms with Gasteiger partial charge < -0.3 is 19.1 Å². The van der Waals surface area contributed by atoms with Crippen LogP contribution in [0, 0.1) is 0 Å². The van der Waals surface area contributed by atoms with Crippen molar-refractivity contribution >= 4 is 23.4 Å². The summed E-state index contributed by atoms with van der Waals surface area (Å²) < 4.78 is 15.9. The van der Waals surface area contributed by atoms with Crippen LogP contribution in [0.25, 0.3) is 0 Å². The Labute approximate surface area is 167 Å². The van der Waals surface area contributed by atoms with Crippen molar-refractivity contribution in [1.82, 2.24) is 10.9 Å². The van der Waals surface area contributed by atoms with Gasteiger partial charge in [-0.05, 0) is 42.5 Å². The van der Waals surface area contributed by atoms with E-state index in [-0.39, 0.29) is 25.9 Å². The van der Waals surface area contributed by atoms with Crippen LogP contribution in [-0.4, -0.2) is 38.8 Å². The average molecular weight is 407 g/mol. The largest absolute Gasteiger partial charge is 0.484 e. The van der Waals surface area contributed by atoms with Gasteiger partial charge in [0.1, 0.15) is 12.3 Å². The van der Waals surface area contributed by atoms with E-state index < -0.39 is 5.91 Å². The summed E-state index contributed by atoms with van der Waals surface area (Å²) in [5.74, 6) is 1.18. The summed E-state index contributed by atoms with van der Waals surface area (Å²) in [5.41, 5.74) is 5.73. The van der Waals surface area contributed by atoms with Gasteiger partial charge in [-0.25, -0.2) is 0 Å². The van der Waals surface area contributed by atoms with Crippen molar-refractivity contribution in [3.05, 3.63) is 53.1 Å². The summed E-state index contributed by atoms with van der Waals surface area (Å²) in [6.45, 7) is 0.817. The summed E-state index contributed by atoms with van der Waals surface area (Å²) in [6.07, 6.45) is 0. The minimum Gasteiger partial charge on any atom is -0.484 e. The molecule has 0 aliphatic carbocycles. The van der Waals surface area contributed by atoms with Crippen molar-refractivity contribution in [2.24, 2.45) is 0 Å². The smallest absolute Gasteiger partial charge is 0.293 e. The van der Waals surface area contributed by atoms with Gasteiger partial charge >= 0.3 is 0 Å². The van der Waals surface area contributed by atoms with Crippen LogP contribution in [-0.2, 0) is 16.1 Å². The van der Waals surface area contributed by atoms with Gasteiger partial charge in [0.25, 0.3) is 11.8 Å². The number of hydrogen-bond acceptors (Lipinski definition) is 5. The number of amides is 2. The highest BCUT2D eigenvalue weighted by Gasteiger charge is 2.16. The summed E-state index contributed by atoms with van der Waals surface area (Å²) in [7, 11) is 1.88. The van der Waals surface area contributed by atoms with E-state index in [1.165, 1.54) is 0 Å². The molecule has 0 saturated carbocycles. The molecule has 3 rings (SSSR count). The summed E-state index contributed by atoms with van der Waals surface area (Å²) in [6, 6.07) is 12.3. The first-order valence-electron chi connectivity index (χ1n) is 8.65. The van der Waals surface area contributed by atoms with Crippen LogP contribution in [0.15, 0.2) is 42.5 Å². The number of nitrogens with one attached hydrogen (secondary N) is 3. The topological polar surface area (TPSA) is 90.3 Å². The Hall–Kier alpha value is -2.97. The third kappa shape index (κ3) is 5.77. The van der Waals surface area contributed by atoms with E-state index in [4.69, 9.17) is 25.8 Å². The Morgan fingerprint density at radius 2 is 1.79 bits per heavy atom. The maximum absolute atomic E-state index is 12.0. The van der Waals surface area contributed by atoms with Crippen molar-refractivity contribution in [3.8, 4) is 17.2 Å². The van der Waals surface area contributed by atoms with Gasteiger partial charge in [-0.1, -0.05) is 11.6 Å². The molecule has 1 aliphatic heterocycles. The van der Waals surface area contributed by atoms with E-state index in [0.29, 0.717) is 23.1 Å². The standard InChI is InChI=1S/C19H20ClN3O5/c1-23(9-13-2-7-16-17(8-13)28-12-27-16)10-18(24)21-22-19(25)11-26-15-5-3-14(20)4-6-15/h2-8H,9-12H2,1H3,(H,21,24)(H,22,25)/p+1. The Kier molecular flexibility index (Phi) is 6.57. The Bertz CT molecular complexity index is 844. The summed E-state index contributed by atoms with van der Waals surface area (Å²) >= 11 is 5.78. The lowest BCUT2D eigenvalue weighted by Gasteiger charge is -2.14. The second-order valence-corrected chi connectivity index (χ2v) is 6.77. The fourth-order valence-electron chi connectivity index (χ4n) is 2.64. The van der Waals surface area contributed by atoms with Crippen LogP contribution in [0.3, 0.4) is 0 Å². The first-order valence-corrected chi connectivity index (χ1v) is 9.03. The number of carbonyl (C=O) groups is 2. The second kappa shape index (κ2) is 9.29. The zero-order chi connectivity index (χ0) is 19.9. The molecular weight excluding hydrogens is 386 g/mol. The third-order valence-corrected chi connectivity index (χ3v) is 4.18. The molecule has 0 fully saturated rings. The predicted octanol–water partition coefficient (Wildman–Crippen LogP) is 0.310. The predicted molar refractivity (Wildman–Crippen MR) is 101 cm³/mol. The number of halogens is 1. The Balaban J connectivity index is 1.36. The number of quaternary nitrogens is 1. The van der Waals surface area contributed by atoms with Gasteiger partial charge in [0.05, 0.1) is 7.05 Å². The van der Waals surface area contributed by atoms with Crippen molar-refractivity contribution in [3.63, 3.8) is 0 Å². The van der Waals surface area contributed by atoms with E-state index in [9.17, 15) is 9.59 Å². The zero-order valence-electron chi connectivity index (χ0n) is 15.3. The molecule has 0 radical (unpaired) electrons. The van der Waals surface area contributed by atoms with Gasteiger partial charge in [-0.2, -0.15) is 0 Å². The molecule has 1 atom stereocenters. The molecule has 28 heavy (non-hydrogen) atoms. The molecular formula is C19H21ClN3O5+. The molecule has 148 valence electrons. The fourth-order valence-corrected chi connectivity index (χ4v) is 2.76. The number of likely N-dealkylation sites (N-methyl/N-ethyl adjacent to an activating group) is 1. The van der Waals surface area contributed by atoms with Gasteiger partial charge in [0.15, 0.2) is 24.7 Å². The highest BCUT2D eigenvalue weighted by atomic mass is 35.5. The van der Waals surface area contributed by atoms with Crippen LogP contribution in [0.1, 0.15) is 5.56 Å². The minimum absolute atomic E-state index is 0.187. The fraction of sp³-hybridized carbons (Fsp3) is 0.263. The quantitative estimate of drug-likeness (QED) is 0.576. The first kappa shape index (κ1) is 19.8. The molecule has 0 saturated heterocycles. The molecule has 3 N–H and O–H groups in total. The van der Waals surface area contributed by atoms with E-state index in [1.54, 1.807) is 24.3 Å². The zero-order valence-corrected chi connectivity index (χ0v) is 16.0. The number of hydrazine groups is 1. The molecule has 0 bridgehead atoms. The number of ether oxygens (including phenoxy) is 3. The number of hydrogen-bond donors (Lipinski definition) is 3. The van der Waals surface area contributed by atoms with Gasteiger partial charge in [-0.15, -0.1) is 0 Å².